The van der Waals surface area contributed by atoms with Crippen LogP contribution in [0.5, 0.6) is 5.75 Å². The summed E-state index contributed by atoms with van der Waals surface area (Å²) in [5.74, 6) is 1.15. The van der Waals surface area contributed by atoms with E-state index in [4.69, 9.17) is 4.74 Å². The molecule has 2 aromatic carbocycles. The number of fused-ring (bicyclic) bond motifs is 2. The summed E-state index contributed by atoms with van der Waals surface area (Å²) in [5, 5.41) is 22.1. The van der Waals surface area contributed by atoms with Gasteiger partial charge in [0.05, 0.1) is 12.8 Å². The molecule has 0 spiro atoms. The van der Waals surface area contributed by atoms with Crippen LogP contribution < -0.4 is 15.6 Å². The van der Waals surface area contributed by atoms with E-state index in [2.05, 4.69) is 50.1 Å². The standard InChI is InChI=1S/C21H19N7O2/c1-3-12-4-6-14(7-5-12)19-16-17(13-8-10-15(30-2)11-9-13)23-24-20(29)18(16)22-21-25-26-27-28(19)21/h4-11,19H,3H2,1-2H3,(H,24,29)(H,22,25,27)/t19-/m1/s1. The minimum Gasteiger partial charge on any atom is -0.497 e. The number of nitrogens with one attached hydrogen (secondary N) is 2. The topological polar surface area (TPSA) is 111 Å². The van der Waals surface area contributed by atoms with Crippen LogP contribution in [0.25, 0.3) is 11.3 Å². The highest BCUT2D eigenvalue weighted by Crippen LogP contribution is 2.41. The molecule has 1 atom stereocenters. The molecular weight excluding hydrogens is 382 g/mol. The number of anilines is 2. The number of hydrogen-bond donors (Lipinski definition) is 2. The lowest BCUT2D eigenvalue weighted by Gasteiger charge is -2.28. The summed E-state index contributed by atoms with van der Waals surface area (Å²) in [6.07, 6.45) is 0.942. The minimum absolute atomic E-state index is 0.327. The lowest BCUT2D eigenvalue weighted by atomic mass is 9.92. The van der Waals surface area contributed by atoms with E-state index in [0.29, 0.717) is 22.9 Å². The first-order chi connectivity index (χ1) is 14.7. The number of tetrazole rings is 1. The Morgan fingerprint density at radius 3 is 2.57 bits per heavy atom. The molecule has 9 nitrogen and oxygen atoms in total. The highest BCUT2D eigenvalue weighted by molar-refractivity contribution is 5.75. The van der Waals surface area contributed by atoms with Crippen molar-refractivity contribution in [3.8, 4) is 17.0 Å². The number of hydrogen-bond acceptors (Lipinski definition) is 7. The molecule has 0 fully saturated rings. The van der Waals surface area contributed by atoms with Gasteiger partial charge in [-0.2, -0.15) is 9.78 Å². The van der Waals surface area contributed by atoms with E-state index >= 15 is 0 Å². The predicted molar refractivity (Wildman–Crippen MR) is 111 cm³/mol. The molecule has 9 heteroatoms. The number of H-pyrrole nitrogens is 1. The third-order valence-corrected chi connectivity index (χ3v) is 5.34. The number of rotatable bonds is 4. The third kappa shape index (κ3) is 2.83. The summed E-state index contributed by atoms with van der Waals surface area (Å²) < 4.78 is 6.94. The maximum absolute atomic E-state index is 12.7. The third-order valence-electron chi connectivity index (χ3n) is 5.34. The SMILES string of the molecule is CCc1ccc([C@@H]2c3c(-c4ccc(OC)cc4)n[nH]c(=O)c3Nc3nnnn32)cc1. The molecule has 4 aromatic rings. The second-order valence-electron chi connectivity index (χ2n) is 6.99. The molecule has 0 radical (unpaired) electrons. The van der Waals surface area contributed by atoms with Gasteiger partial charge in [0.2, 0.25) is 5.95 Å². The largest absolute Gasteiger partial charge is 0.497 e. The Labute approximate surface area is 171 Å². The Morgan fingerprint density at radius 2 is 1.87 bits per heavy atom. The number of aryl methyl sites for hydroxylation is 1. The Bertz CT molecular complexity index is 1260. The Kier molecular flexibility index (Phi) is 4.27. The maximum Gasteiger partial charge on any atom is 0.288 e. The van der Waals surface area contributed by atoms with Crippen LogP contribution in [0.3, 0.4) is 0 Å². The van der Waals surface area contributed by atoms with E-state index in [9.17, 15) is 4.79 Å². The van der Waals surface area contributed by atoms with Crippen molar-refractivity contribution in [2.45, 2.75) is 19.4 Å². The van der Waals surface area contributed by atoms with E-state index in [1.54, 1.807) is 11.8 Å². The molecule has 150 valence electrons. The van der Waals surface area contributed by atoms with Crippen molar-refractivity contribution < 1.29 is 4.74 Å². The molecule has 0 amide bonds. The van der Waals surface area contributed by atoms with Gasteiger partial charge in [0.25, 0.3) is 5.56 Å². The number of aromatic nitrogens is 6. The summed E-state index contributed by atoms with van der Waals surface area (Å²) in [4.78, 5) is 12.7. The van der Waals surface area contributed by atoms with Crippen molar-refractivity contribution in [1.82, 2.24) is 30.4 Å². The number of ether oxygens (including phenoxy) is 1. The van der Waals surface area contributed by atoms with Crippen molar-refractivity contribution in [2.75, 3.05) is 12.4 Å². The number of aromatic amines is 1. The quantitative estimate of drug-likeness (QED) is 0.476. The monoisotopic (exact) mass is 401 g/mol. The molecule has 1 aliphatic rings. The van der Waals surface area contributed by atoms with E-state index in [1.165, 1.54) is 5.56 Å². The first kappa shape index (κ1) is 18.0. The van der Waals surface area contributed by atoms with Gasteiger partial charge in [-0.3, -0.25) is 4.79 Å². The smallest absolute Gasteiger partial charge is 0.288 e. The van der Waals surface area contributed by atoms with Gasteiger partial charge in [0.15, 0.2) is 0 Å². The molecule has 0 saturated carbocycles. The average Bonchev–Trinajstić information content (AvgIpc) is 3.27. The van der Waals surface area contributed by atoms with Crippen molar-refractivity contribution in [1.29, 1.82) is 0 Å². The van der Waals surface area contributed by atoms with Crippen LogP contribution in [0.4, 0.5) is 11.6 Å². The number of nitrogens with zero attached hydrogens (tertiary/aromatic N) is 5. The van der Waals surface area contributed by atoms with Crippen molar-refractivity contribution >= 4 is 11.6 Å². The fourth-order valence-corrected chi connectivity index (χ4v) is 3.75. The molecule has 1 aliphatic heterocycles. The van der Waals surface area contributed by atoms with E-state index in [0.717, 1.165) is 23.3 Å². The number of methoxy groups -OCH3 is 1. The minimum atomic E-state index is -0.399. The van der Waals surface area contributed by atoms with Crippen LogP contribution in [-0.2, 0) is 6.42 Å². The van der Waals surface area contributed by atoms with Crippen molar-refractivity contribution in [3.63, 3.8) is 0 Å². The van der Waals surface area contributed by atoms with Crippen LogP contribution >= 0.6 is 0 Å². The Hall–Kier alpha value is -4.01. The molecule has 0 aliphatic carbocycles. The van der Waals surface area contributed by atoms with Crippen LogP contribution in [0.2, 0.25) is 0 Å². The fraction of sp³-hybridized carbons (Fsp3) is 0.190. The van der Waals surface area contributed by atoms with Gasteiger partial charge in [-0.1, -0.05) is 36.3 Å². The normalized spacial score (nSPS) is 14.5. The van der Waals surface area contributed by atoms with Crippen molar-refractivity contribution in [3.05, 3.63) is 75.6 Å². The molecule has 0 bridgehead atoms. The van der Waals surface area contributed by atoms with E-state index in [1.807, 2.05) is 36.4 Å². The zero-order valence-corrected chi connectivity index (χ0v) is 16.5. The highest BCUT2D eigenvalue weighted by Gasteiger charge is 2.34. The van der Waals surface area contributed by atoms with Gasteiger partial charge < -0.3 is 10.1 Å². The lowest BCUT2D eigenvalue weighted by molar-refractivity contribution is 0.415. The second kappa shape index (κ2) is 7.11. The summed E-state index contributed by atoms with van der Waals surface area (Å²) >= 11 is 0. The van der Waals surface area contributed by atoms with Crippen LogP contribution in [0.1, 0.15) is 29.7 Å². The molecule has 3 heterocycles. The van der Waals surface area contributed by atoms with Crippen LogP contribution in [-0.4, -0.2) is 37.5 Å². The van der Waals surface area contributed by atoms with E-state index < -0.39 is 6.04 Å². The van der Waals surface area contributed by atoms with Gasteiger partial charge in [-0.15, -0.1) is 0 Å². The van der Waals surface area contributed by atoms with Gasteiger partial charge in [-0.25, -0.2) is 5.10 Å². The zero-order valence-electron chi connectivity index (χ0n) is 16.5. The molecule has 30 heavy (non-hydrogen) atoms. The fourth-order valence-electron chi connectivity index (χ4n) is 3.75. The predicted octanol–water partition coefficient (Wildman–Crippen LogP) is 2.69. The lowest BCUT2D eigenvalue weighted by Crippen LogP contribution is -2.29. The van der Waals surface area contributed by atoms with E-state index in [-0.39, 0.29) is 5.56 Å². The average molecular weight is 401 g/mol. The van der Waals surface area contributed by atoms with Crippen molar-refractivity contribution in [2.24, 2.45) is 0 Å². The number of benzene rings is 2. The zero-order chi connectivity index (χ0) is 20.7. The first-order valence-corrected chi connectivity index (χ1v) is 9.60. The highest BCUT2D eigenvalue weighted by atomic mass is 16.5. The van der Waals surface area contributed by atoms with Gasteiger partial charge >= 0.3 is 0 Å². The molecular formula is C21H19N7O2. The summed E-state index contributed by atoms with van der Waals surface area (Å²) in [7, 11) is 1.62. The molecule has 0 unspecified atom stereocenters. The first-order valence-electron chi connectivity index (χ1n) is 9.60. The molecule has 0 saturated heterocycles. The van der Waals surface area contributed by atoms with Crippen LogP contribution in [0, 0.1) is 0 Å². The Morgan fingerprint density at radius 1 is 1.10 bits per heavy atom. The maximum atomic E-state index is 12.7. The molecule has 5 rings (SSSR count). The molecule has 2 N–H and O–H groups in total. The van der Waals surface area contributed by atoms with Crippen LogP contribution in [0.15, 0.2) is 53.3 Å². The summed E-state index contributed by atoms with van der Waals surface area (Å²) in [6.45, 7) is 2.11. The molecule has 2 aromatic heterocycles. The second-order valence-corrected chi connectivity index (χ2v) is 6.99. The Balaban J connectivity index is 1.75. The van der Waals surface area contributed by atoms with Gasteiger partial charge in [-0.05, 0) is 52.2 Å². The summed E-state index contributed by atoms with van der Waals surface area (Å²) in [5.41, 5.74) is 4.46. The van der Waals surface area contributed by atoms with Gasteiger partial charge in [0, 0.05) is 11.1 Å². The summed E-state index contributed by atoms with van der Waals surface area (Å²) in [6, 6.07) is 15.4. The van der Waals surface area contributed by atoms with Gasteiger partial charge in [0.1, 0.15) is 17.5 Å².